The van der Waals surface area contributed by atoms with E-state index in [0.717, 1.165) is 11.8 Å². The number of amides is 1. The quantitative estimate of drug-likeness (QED) is 0.588. The van der Waals surface area contributed by atoms with Crippen molar-refractivity contribution in [1.29, 1.82) is 5.26 Å². The summed E-state index contributed by atoms with van der Waals surface area (Å²) >= 11 is 0. The molecular weight excluding hydrogens is 318 g/mol. The maximum absolute atomic E-state index is 12.5. The summed E-state index contributed by atoms with van der Waals surface area (Å²) in [5, 5.41) is 21.7. The molecule has 1 saturated heterocycles. The minimum atomic E-state index is -0.801. The second kappa shape index (κ2) is 7.47. The fourth-order valence-corrected chi connectivity index (χ4v) is 4.89. The number of nitriles is 1. The van der Waals surface area contributed by atoms with Crippen molar-refractivity contribution < 1.29 is 14.7 Å². The molecule has 3 aliphatic rings. The summed E-state index contributed by atoms with van der Waals surface area (Å²) in [5.74, 6) is 0.822. The van der Waals surface area contributed by atoms with Crippen molar-refractivity contribution in [2.45, 2.75) is 51.5 Å². The van der Waals surface area contributed by atoms with E-state index < -0.39 is 5.97 Å². The summed E-state index contributed by atoms with van der Waals surface area (Å²) in [6, 6.07) is 2.27. The highest BCUT2D eigenvalue weighted by molar-refractivity contribution is 5.97. The molecule has 2 bridgehead atoms. The van der Waals surface area contributed by atoms with Gasteiger partial charge in [-0.25, -0.2) is 0 Å². The molecule has 0 spiro atoms. The summed E-state index contributed by atoms with van der Waals surface area (Å²) in [4.78, 5) is 25.1. The molecule has 0 radical (unpaired) electrons. The molecule has 3 fully saturated rings. The largest absolute Gasteiger partial charge is 0.481 e. The number of fused-ring (bicyclic) bond motifs is 2. The number of hydrogen-bond donors (Lipinski definition) is 2. The second-order valence-electron chi connectivity index (χ2n) is 7.87. The lowest BCUT2D eigenvalue weighted by Gasteiger charge is -2.30. The SMILES string of the molecule is CC(N/C=C(/C#N)C(=O)N1CCC(C(=O)O)CC1)C1CC2CCC1C2. The number of nitrogens with one attached hydrogen (secondary N) is 1. The topological polar surface area (TPSA) is 93.4 Å². The predicted octanol–water partition coefficient (Wildman–Crippen LogP) is 2.13. The number of hydrogen-bond acceptors (Lipinski definition) is 4. The van der Waals surface area contributed by atoms with E-state index in [0.29, 0.717) is 31.8 Å². The molecular formula is C19H27N3O3. The van der Waals surface area contributed by atoms with Crippen molar-refractivity contribution in [3.8, 4) is 6.07 Å². The van der Waals surface area contributed by atoms with Gasteiger partial charge in [0.15, 0.2) is 0 Å². The Morgan fingerprint density at radius 1 is 1.24 bits per heavy atom. The minimum absolute atomic E-state index is 0.115. The van der Waals surface area contributed by atoms with Gasteiger partial charge in [0.1, 0.15) is 11.6 Å². The fourth-order valence-electron chi connectivity index (χ4n) is 4.89. The fraction of sp³-hybridized carbons (Fsp3) is 0.737. The highest BCUT2D eigenvalue weighted by atomic mass is 16.4. The average Bonchev–Trinajstić information content (AvgIpc) is 3.25. The van der Waals surface area contributed by atoms with Gasteiger partial charge in [0, 0.05) is 25.3 Å². The molecule has 2 saturated carbocycles. The molecule has 1 aliphatic heterocycles. The van der Waals surface area contributed by atoms with Crippen LogP contribution in [0.2, 0.25) is 0 Å². The number of carboxylic acid groups (broad SMARTS) is 1. The molecule has 3 rings (SSSR count). The van der Waals surface area contributed by atoms with Gasteiger partial charge < -0.3 is 15.3 Å². The van der Waals surface area contributed by atoms with Crippen molar-refractivity contribution >= 4 is 11.9 Å². The number of carbonyl (C=O) groups excluding carboxylic acids is 1. The van der Waals surface area contributed by atoms with Gasteiger partial charge in [-0.05, 0) is 56.8 Å². The van der Waals surface area contributed by atoms with Crippen LogP contribution in [0.25, 0.3) is 0 Å². The van der Waals surface area contributed by atoms with Gasteiger partial charge in [-0.1, -0.05) is 6.42 Å². The first kappa shape index (κ1) is 17.8. The van der Waals surface area contributed by atoms with Crippen LogP contribution in [0.1, 0.15) is 45.4 Å². The van der Waals surface area contributed by atoms with Crippen molar-refractivity contribution in [2.24, 2.45) is 23.7 Å². The molecule has 4 atom stereocenters. The van der Waals surface area contributed by atoms with Crippen LogP contribution in [0, 0.1) is 35.0 Å². The van der Waals surface area contributed by atoms with Gasteiger partial charge in [0.05, 0.1) is 5.92 Å². The molecule has 1 amide bonds. The zero-order valence-electron chi connectivity index (χ0n) is 14.8. The number of carboxylic acids is 1. The maximum atomic E-state index is 12.5. The van der Waals surface area contributed by atoms with E-state index >= 15 is 0 Å². The molecule has 0 aromatic heterocycles. The normalized spacial score (nSPS) is 30.8. The lowest BCUT2D eigenvalue weighted by molar-refractivity contribution is -0.145. The van der Waals surface area contributed by atoms with Crippen LogP contribution in [0.15, 0.2) is 11.8 Å². The third-order valence-electron chi connectivity index (χ3n) is 6.41. The minimum Gasteiger partial charge on any atom is -0.481 e. The van der Waals surface area contributed by atoms with E-state index in [2.05, 4.69) is 12.2 Å². The molecule has 0 aromatic rings. The van der Waals surface area contributed by atoms with Crippen LogP contribution < -0.4 is 5.32 Å². The Hall–Kier alpha value is -2.03. The maximum Gasteiger partial charge on any atom is 0.306 e. The molecule has 1 heterocycles. The van der Waals surface area contributed by atoms with Gasteiger partial charge in [0.2, 0.25) is 0 Å². The van der Waals surface area contributed by atoms with Crippen LogP contribution in [-0.2, 0) is 9.59 Å². The predicted molar refractivity (Wildman–Crippen MR) is 92.2 cm³/mol. The Kier molecular flexibility index (Phi) is 5.31. The van der Waals surface area contributed by atoms with E-state index in [4.69, 9.17) is 5.11 Å². The molecule has 25 heavy (non-hydrogen) atoms. The van der Waals surface area contributed by atoms with E-state index in [1.165, 1.54) is 25.7 Å². The first-order chi connectivity index (χ1) is 12.0. The van der Waals surface area contributed by atoms with Crippen molar-refractivity contribution in [3.05, 3.63) is 11.8 Å². The summed E-state index contributed by atoms with van der Waals surface area (Å²) in [7, 11) is 0. The Labute approximate surface area is 148 Å². The van der Waals surface area contributed by atoms with Crippen molar-refractivity contribution in [3.63, 3.8) is 0 Å². The first-order valence-corrected chi connectivity index (χ1v) is 9.38. The number of likely N-dealkylation sites (tertiary alicyclic amines) is 1. The lowest BCUT2D eigenvalue weighted by atomic mass is 9.84. The number of aliphatic carboxylic acids is 1. The van der Waals surface area contributed by atoms with E-state index in [1.807, 2.05) is 6.07 Å². The lowest BCUT2D eigenvalue weighted by Crippen LogP contribution is -2.41. The van der Waals surface area contributed by atoms with Crippen LogP contribution in [0.4, 0.5) is 0 Å². The highest BCUT2D eigenvalue weighted by Crippen LogP contribution is 2.49. The van der Waals surface area contributed by atoms with E-state index in [9.17, 15) is 14.9 Å². The summed E-state index contributed by atoms with van der Waals surface area (Å²) < 4.78 is 0. The third kappa shape index (κ3) is 3.81. The third-order valence-corrected chi connectivity index (χ3v) is 6.41. The molecule has 2 N–H and O–H groups in total. The second-order valence-corrected chi connectivity index (χ2v) is 7.87. The number of rotatable bonds is 5. The average molecular weight is 345 g/mol. The van der Waals surface area contributed by atoms with Crippen molar-refractivity contribution in [1.82, 2.24) is 10.2 Å². The Balaban J connectivity index is 1.54. The Morgan fingerprint density at radius 3 is 2.48 bits per heavy atom. The first-order valence-electron chi connectivity index (χ1n) is 9.38. The van der Waals surface area contributed by atoms with Gasteiger partial charge >= 0.3 is 5.97 Å². The Morgan fingerprint density at radius 2 is 1.96 bits per heavy atom. The van der Waals surface area contributed by atoms with Gasteiger partial charge in [-0.3, -0.25) is 9.59 Å². The van der Waals surface area contributed by atoms with Gasteiger partial charge in [0.25, 0.3) is 5.91 Å². The molecule has 6 heteroatoms. The highest BCUT2D eigenvalue weighted by Gasteiger charge is 2.41. The van der Waals surface area contributed by atoms with Crippen LogP contribution in [0.5, 0.6) is 0 Å². The summed E-state index contributed by atoms with van der Waals surface area (Å²) in [6.45, 7) is 2.94. The van der Waals surface area contributed by atoms with Crippen LogP contribution in [-0.4, -0.2) is 41.0 Å². The molecule has 136 valence electrons. The summed E-state index contributed by atoms with van der Waals surface area (Å²) in [5.41, 5.74) is 0.115. The van der Waals surface area contributed by atoms with E-state index in [-0.39, 0.29) is 23.4 Å². The zero-order valence-corrected chi connectivity index (χ0v) is 14.8. The molecule has 6 nitrogen and oxygen atoms in total. The summed E-state index contributed by atoms with van der Waals surface area (Å²) in [6.07, 6.45) is 7.74. The van der Waals surface area contributed by atoms with Crippen molar-refractivity contribution in [2.75, 3.05) is 13.1 Å². The van der Waals surface area contributed by atoms with Crippen LogP contribution in [0.3, 0.4) is 0 Å². The number of carbonyl (C=O) groups is 2. The Bertz CT molecular complexity index is 602. The standard InChI is InChI=1S/C19H27N3O3/c1-12(17-9-13-2-3-15(17)8-13)21-11-16(10-20)18(23)22-6-4-14(5-7-22)19(24)25/h11-15,17,21H,2-9H2,1H3,(H,24,25)/b16-11-. The smallest absolute Gasteiger partial charge is 0.306 e. The van der Waals surface area contributed by atoms with Gasteiger partial charge in [-0.15, -0.1) is 0 Å². The number of piperidine rings is 1. The van der Waals surface area contributed by atoms with E-state index in [1.54, 1.807) is 11.1 Å². The monoisotopic (exact) mass is 345 g/mol. The van der Waals surface area contributed by atoms with Gasteiger partial charge in [-0.2, -0.15) is 5.26 Å². The number of nitrogens with zero attached hydrogens (tertiary/aromatic N) is 2. The zero-order chi connectivity index (χ0) is 18.0. The molecule has 2 aliphatic carbocycles. The molecule has 0 aromatic carbocycles. The molecule has 4 unspecified atom stereocenters. The van der Waals surface area contributed by atoms with Crippen LogP contribution >= 0.6 is 0 Å².